The molecule has 1 saturated heterocycles. The van der Waals surface area contributed by atoms with Crippen LogP contribution >= 0.6 is 0 Å². The molecule has 0 bridgehead atoms. The Balaban J connectivity index is 1.78. The van der Waals surface area contributed by atoms with Crippen LogP contribution in [0.2, 0.25) is 0 Å². The number of amides is 2. The van der Waals surface area contributed by atoms with Crippen LogP contribution in [0.5, 0.6) is 0 Å². The zero-order chi connectivity index (χ0) is 17.1. The van der Waals surface area contributed by atoms with Crippen molar-refractivity contribution in [3.63, 3.8) is 0 Å². The third-order valence-corrected chi connectivity index (χ3v) is 4.25. The van der Waals surface area contributed by atoms with Crippen LogP contribution in [-0.4, -0.2) is 29.5 Å². The summed E-state index contributed by atoms with van der Waals surface area (Å²) in [4.78, 5) is 26.0. The predicted molar refractivity (Wildman–Crippen MR) is 86.9 cm³/mol. The molecule has 0 aromatic heterocycles. The first kappa shape index (κ1) is 16.2. The highest BCUT2D eigenvalue weighted by molar-refractivity contribution is 5.97. The number of halogens is 1. The topological polar surface area (TPSA) is 46.6 Å². The quantitative estimate of drug-likeness (QED) is 0.863. The van der Waals surface area contributed by atoms with E-state index in [1.54, 1.807) is 19.1 Å². The Bertz CT molecular complexity index is 730. The Hall–Kier alpha value is -2.69. The van der Waals surface area contributed by atoms with E-state index in [-0.39, 0.29) is 24.4 Å². The average molecular weight is 327 g/mol. The van der Waals surface area contributed by atoms with Gasteiger partial charge in [0.05, 0.1) is 12.0 Å². The molecule has 1 heterocycles. The predicted octanol–water partition coefficient (Wildman–Crippen LogP) is 3.52. The van der Waals surface area contributed by atoms with Crippen LogP contribution < -0.4 is 0 Å². The monoisotopic (exact) mass is 327 g/mol. The molecule has 1 aliphatic rings. The maximum absolute atomic E-state index is 13.0. The lowest BCUT2D eigenvalue weighted by molar-refractivity contribution is -0.130. The molecule has 0 radical (unpaired) electrons. The van der Waals surface area contributed by atoms with Gasteiger partial charge in [0.25, 0.3) is 0 Å². The van der Waals surface area contributed by atoms with Gasteiger partial charge in [-0.15, -0.1) is 0 Å². The molecular weight excluding hydrogens is 309 g/mol. The molecule has 0 aliphatic carbocycles. The van der Waals surface area contributed by atoms with Gasteiger partial charge in [-0.2, -0.15) is 0 Å². The van der Waals surface area contributed by atoms with Gasteiger partial charge in [0.1, 0.15) is 12.4 Å². The molecule has 2 aromatic carbocycles. The minimum absolute atomic E-state index is 0.190. The molecule has 4 nitrogen and oxygen atoms in total. The number of hydrogen-bond donors (Lipinski definition) is 0. The highest BCUT2D eigenvalue weighted by Crippen LogP contribution is 2.24. The van der Waals surface area contributed by atoms with E-state index in [2.05, 4.69) is 0 Å². The van der Waals surface area contributed by atoms with Crippen molar-refractivity contribution in [2.45, 2.75) is 25.3 Å². The summed E-state index contributed by atoms with van der Waals surface area (Å²) in [5, 5.41) is 0. The number of cyclic esters (lactones) is 1. The number of nitrogens with zero attached hydrogens (tertiary/aromatic N) is 1. The van der Waals surface area contributed by atoms with Crippen LogP contribution in [0.15, 0.2) is 54.6 Å². The van der Waals surface area contributed by atoms with E-state index >= 15 is 0 Å². The second-order valence-electron chi connectivity index (χ2n) is 5.90. The molecule has 3 rings (SSSR count). The fraction of sp³-hybridized carbons (Fsp3) is 0.263. The summed E-state index contributed by atoms with van der Waals surface area (Å²) < 4.78 is 18.1. The molecule has 5 heteroatoms. The summed E-state index contributed by atoms with van der Waals surface area (Å²) in [6.07, 6.45) is -0.0658. The lowest BCUT2D eigenvalue weighted by Crippen LogP contribution is -2.42. The molecule has 0 saturated carbocycles. The summed E-state index contributed by atoms with van der Waals surface area (Å²) in [6.45, 7) is 1.90. The number of carbonyl (C=O) groups excluding carboxylic acids is 2. The summed E-state index contributed by atoms with van der Waals surface area (Å²) in [5.41, 5.74) is 1.70. The number of rotatable bonds is 4. The molecule has 24 heavy (non-hydrogen) atoms. The van der Waals surface area contributed by atoms with Crippen molar-refractivity contribution >= 4 is 12.0 Å². The van der Waals surface area contributed by atoms with E-state index in [1.807, 2.05) is 30.3 Å². The molecule has 2 atom stereocenters. The van der Waals surface area contributed by atoms with Crippen molar-refractivity contribution in [3.05, 3.63) is 71.5 Å². The number of ether oxygens (including phenoxy) is 1. The third-order valence-electron chi connectivity index (χ3n) is 4.25. The minimum Gasteiger partial charge on any atom is -0.447 e. The molecule has 2 amide bonds. The first-order chi connectivity index (χ1) is 11.6. The lowest BCUT2D eigenvalue weighted by Gasteiger charge is -2.23. The number of hydrogen-bond acceptors (Lipinski definition) is 3. The molecule has 1 aliphatic heterocycles. The van der Waals surface area contributed by atoms with Gasteiger partial charge in [-0.05, 0) is 36.6 Å². The number of imide groups is 1. The van der Waals surface area contributed by atoms with Crippen LogP contribution in [0.25, 0.3) is 0 Å². The standard InChI is InChI=1S/C19H18FNO3/c1-13(15-7-9-16(20)10-8-15)18(22)21-17(12-24-19(21)23)11-14-5-3-2-4-6-14/h2-10,13,17H,11-12H2,1H3. The average Bonchev–Trinajstić information content (AvgIpc) is 2.95. The maximum atomic E-state index is 13.0. The SMILES string of the molecule is CC(C(=O)N1C(=O)OCC1Cc1ccccc1)c1ccc(F)cc1. The van der Waals surface area contributed by atoms with Crippen LogP contribution in [0, 0.1) is 5.82 Å². The smallest absolute Gasteiger partial charge is 0.417 e. The Morgan fingerprint density at radius 2 is 1.88 bits per heavy atom. The van der Waals surface area contributed by atoms with Gasteiger partial charge in [-0.1, -0.05) is 42.5 Å². The molecule has 0 N–H and O–H groups in total. The van der Waals surface area contributed by atoms with Crippen molar-refractivity contribution in [2.75, 3.05) is 6.61 Å². The zero-order valence-electron chi connectivity index (χ0n) is 13.3. The lowest BCUT2D eigenvalue weighted by atomic mass is 9.98. The fourth-order valence-corrected chi connectivity index (χ4v) is 2.87. The Morgan fingerprint density at radius 1 is 1.21 bits per heavy atom. The zero-order valence-corrected chi connectivity index (χ0v) is 13.3. The number of carbonyl (C=O) groups is 2. The van der Waals surface area contributed by atoms with Gasteiger partial charge in [-0.25, -0.2) is 14.1 Å². The highest BCUT2D eigenvalue weighted by Gasteiger charge is 2.39. The first-order valence-corrected chi connectivity index (χ1v) is 7.85. The van der Waals surface area contributed by atoms with Crippen LogP contribution in [-0.2, 0) is 16.0 Å². The van der Waals surface area contributed by atoms with Gasteiger partial charge >= 0.3 is 6.09 Å². The van der Waals surface area contributed by atoms with Gasteiger partial charge in [0.2, 0.25) is 5.91 Å². The highest BCUT2D eigenvalue weighted by atomic mass is 19.1. The number of benzene rings is 2. The third kappa shape index (κ3) is 3.30. The summed E-state index contributed by atoms with van der Waals surface area (Å²) in [7, 11) is 0. The molecule has 1 fully saturated rings. The van der Waals surface area contributed by atoms with Crippen molar-refractivity contribution < 1.29 is 18.7 Å². The van der Waals surface area contributed by atoms with Crippen molar-refractivity contribution in [1.29, 1.82) is 0 Å². The van der Waals surface area contributed by atoms with Crippen molar-refractivity contribution in [3.8, 4) is 0 Å². The normalized spacial score (nSPS) is 18.3. The van der Waals surface area contributed by atoms with Crippen LogP contribution in [0.1, 0.15) is 24.0 Å². The first-order valence-electron chi connectivity index (χ1n) is 7.85. The van der Waals surface area contributed by atoms with Crippen LogP contribution in [0.3, 0.4) is 0 Å². The Morgan fingerprint density at radius 3 is 2.54 bits per heavy atom. The largest absolute Gasteiger partial charge is 0.447 e. The van der Waals surface area contributed by atoms with E-state index < -0.39 is 12.0 Å². The van der Waals surface area contributed by atoms with E-state index in [0.717, 1.165) is 5.56 Å². The van der Waals surface area contributed by atoms with Gasteiger partial charge in [-0.3, -0.25) is 4.79 Å². The molecule has 2 aromatic rings. The van der Waals surface area contributed by atoms with Crippen molar-refractivity contribution in [1.82, 2.24) is 4.90 Å². The molecule has 124 valence electrons. The van der Waals surface area contributed by atoms with E-state index in [0.29, 0.717) is 12.0 Å². The van der Waals surface area contributed by atoms with E-state index in [1.165, 1.54) is 17.0 Å². The van der Waals surface area contributed by atoms with Crippen molar-refractivity contribution in [2.24, 2.45) is 0 Å². The van der Waals surface area contributed by atoms with Gasteiger partial charge in [0, 0.05) is 0 Å². The second kappa shape index (κ2) is 6.83. The maximum Gasteiger partial charge on any atom is 0.417 e. The summed E-state index contributed by atoms with van der Waals surface area (Å²) in [5.74, 6) is -1.24. The van der Waals surface area contributed by atoms with E-state index in [9.17, 15) is 14.0 Å². The Labute approximate surface area is 139 Å². The second-order valence-corrected chi connectivity index (χ2v) is 5.90. The fourth-order valence-electron chi connectivity index (χ4n) is 2.87. The van der Waals surface area contributed by atoms with Crippen LogP contribution in [0.4, 0.5) is 9.18 Å². The molecule has 0 spiro atoms. The van der Waals surface area contributed by atoms with E-state index in [4.69, 9.17) is 4.74 Å². The van der Waals surface area contributed by atoms with Gasteiger partial charge in [0.15, 0.2) is 0 Å². The summed E-state index contributed by atoms with van der Waals surface area (Å²) >= 11 is 0. The minimum atomic E-state index is -0.616. The summed E-state index contributed by atoms with van der Waals surface area (Å²) in [6, 6.07) is 15.1. The molecular formula is C19H18FNO3. The van der Waals surface area contributed by atoms with Gasteiger partial charge < -0.3 is 4.74 Å². The molecule has 2 unspecified atom stereocenters. The Kier molecular flexibility index (Phi) is 4.60.